The highest BCUT2D eigenvalue weighted by atomic mass is 16.6. The third-order valence-electron chi connectivity index (χ3n) is 0.666. The lowest BCUT2D eigenvalue weighted by Crippen LogP contribution is -2.16. The molecule has 0 spiro atoms. The standard InChI is InChI=1S/C6H14N2O/c1-3-4-9-8-5-6(2)7/h5-6H,3-4,7H2,1-2H3. The molecule has 3 heteroatoms. The third-order valence-corrected chi connectivity index (χ3v) is 0.666. The Balaban J connectivity index is 3.04. The zero-order valence-corrected chi connectivity index (χ0v) is 6.00. The maximum Gasteiger partial charge on any atom is 0.116 e. The normalized spacial score (nSPS) is 14.1. The van der Waals surface area contributed by atoms with Gasteiger partial charge in [-0.25, -0.2) is 0 Å². The molecule has 2 N–H and O–H groups in total. The van der Waals surface area contributed by atoms with Crippen LogP contribution in [0, 0.1) is 0 Å². The van der Waals surface area contributed by atoms with Crippen molar-refractivity contribution >= 4 is 6.21 Å². The van der Waals surface area contributed by atoms with E-state index in [1.165, 1.54) is 0 Å². The number of oxime groups is 1. The van der Waals surface area contributed by atoms with Gasteiger partial charge in [-0.05, 0) is 13.3 Å². The molecule has 0 aliphatic carbocycles. The molecule has 0 aromatic rings. The maximum absolute atomic E-state index is 5.35. The zero-order chi connectivity index (χ0) is 7.11. The molecule has 0 aliphatic heterocycles. The molecule has 54 valence electrons. The number of hydrogen-bond donors (Lipinski definition) is 1. The summed E-state index contributed by atoms with van der Waals surface area (Å²) in [5.74, 6) is 0. The molecule has 0 fully saturated rings. The van der Waals surface area contributed by atoms with E-state index in [9.17, 15) is 0 Å². The van der Waals surface area contributed by atoms with Crippen molar-refractivity contribution in [1.29, 1.82) is 0 Å². The molecule has 1 atom stereocenters. The van der Waals surface area contributed by atoms with Crippen LogP contribution in [-0.2, 0) is 4.84 Å². The Morgan fingerprint density at radius 1 is 1.78 bits per heavy atom. The monoisotopic (exact) mass is 130 g/mol. The van der Waals surface area contributed by atoms with E-state index in [4.69, 9.17) is 10.6 Å². The van der Waals surface area contributed by atoms with Gasteiger partial charge in [-0.1, -0.05) is 12.1 Å². The van der Waals surface area contributed by atoms with Crippen molar-refractivity contribution in [2.24, 2.45) is 10.9 Å². The van der Waals surface area contributed by atoms with Crippen LogP contribution in [0.5, 0.6) is 0 Å². The molecule has 0 amide bonds. The Hall–Kier alpha value is -0.570. The van der Waals surface area contributed by atoms with E-state index in [2.05, 4.69) is 5.16 Å². The van der Waals surface area contributed by atoms with Gasteiger partial charge in [0.15, 0.2) is 0 Å². The Kier molecular flexibility index (Phi) is 5.21. The topological polar surface area (TPSA) is 47.6 Å². The first-order valence-corrected chi connectivity index (χ1v) is 3.18. The lowest BCUT2D eigenvalue weighted by molar-refractivity contribution is 0.146. The summed E-state index contributed by atoms with van der Waals surface area (Å²) in [5.41, 5.74) is 5.35. The predicted molar refractivity (Wildman–Crippen MR) is 38.4 cm³/mol. The van der Waals surface area contributed by atoms with Gasteiger partial charge in [-0.3, -0.25) is 0 Å². The molecule has 0 saturated heterocycles. The van der Waals surface area contributed by atoms with Crippen molar-refractivity contribution in [1.82, 2.24) is 0 Å². The quantitative estimate of drug-likeness (QED) is 0.347. The van der Waals surface area contributed by atoms with E-state index >= 15 is 0 Å². The van der Waals surface area contributed by atoms with Crippen molar-refractivity contribution in [3.05, 3.63) is 0 Å². The second kappa shape index (κ2) is 5.56. The largest absolute Gasteiger partial charge is 0.396 e. The summed E-state index contributed by atoms with van der Waals surface area (Å²) in [7, 11) is 0. The molecule has 0 heterocycles. The summed E-state index contributed by atoms with van der Waals surface area (Å²) in [6, 6.07) is -0.0122. The fraction of sp³-hybridized carbons (Fsp3) is 0.833. The van der Waals surface area contributed by atoms with Crippen LogP contribution in [0.15, 0.2) is 5.16 Å². The van der Waals surface area contributed by atoms with E-state index < -0.39 is 0 Å². The third kappa shape index (κ3) is 7.43. The van der Waals surface area contributed by atoms with Gasteiger partial charge in [0.05, 0.1) is 6.21 Å². The van der Waals surface area contributed by atoms with E-state index in [0.717, 1.165) is 6.42 Å². The Labute approximate surface area is 55.9 Å². The van der Waals surface area contributed by atoms with Gasteiger partial charge in [0.2, 0.25) is 0 Å². The maximum atomic E-state index is 5.35. The molecule has 0 bridgehead atoms. The fourth-order valence-corrected chi connectivity index (χ4v) is 0.283. The molecule has 0 aromatic carbocycles. The van der Waals surface area contributed by atoms with Gasteiger partial charge in [-0.2, -0.15) is 0 Å². The highest BCUT2D eigenvalue weighted by Gasteiger charge is 1.83. The summed E-state index contributed by atoms with van der Waals surface area (Å²) >= 11 is 0. The number of hydrogen-bond acceptors (Lipinski definition) is 3. The number of nitrogens with two attached hydrogens (primary N) is 1. The summed E-state index contributed by atoms with van der Waals surface area (Å²) in [6.45, 7) is 4.55. The van der Waals surface area contributed by atoms with E-state index in [0.29, 0.717) is 6.61 Å². The lowest BCUT2D eigenvalue weighted by atomic mass is 10.4. The Morgan fingerprint density at radius 3 is 2.89 bits per heavy atom. The number of rotatable bonds is 4. The van der Waals surface area contributed by atoms with E-state index in [1.54, 1.807) is 6.21 Å². The molecule has 0 aromatic heterocycles. The first kappa shape index (κ1) is 8.43. The molecule has 0 aliphatic rings. The molecule has 0 saturated carbocycles. The Bertz CT molecular complexity index is 81.1. The molecule has 1 unspecified atom stereocenters. The summed E-state index contributed by atoms with van der Waals surface area (Å²) in [4.78, 5) is 4.78. The van der Waals surface area contributed by atoms with Crippen LogP contribution < -0.4 is 5.73 Å². The van der Waals surface area contributed by atoms with Crippen LogP contribution in [0.2, 0.25) is 0 Å². The molecule has 0 rings (SSSR count). The van der Waals surface area contributed by atoms with Gasteiger partial charge in [0, 0.05) is 6.04 Å². The molecular formula is C6H14N2O. The fourth-order valence-electron chi connectivity index (χ4n) is 0.283. The van der Waals surface area contributed by atoms with E-state index in [-0.39, 0.29) is 6.04 Å². The molecule has 9 heavy (non-hydrogen) atoms. The van der Waals surface area contributed by atoms with Crippen LogP contribution in [0.3, 0.4) is 0 Å². The van der Waals surface area contributed by atoms with Crippen LogP contribution in [-0.4, -0.2) is 18.9 Å². The first-order valence-electron chi connectivity index (χ1n) is 3.18. The van der Waals surface area contributed by atoms with Crippen LogP contribution in [0.4, 0.5) is 0 Å². The molecule has 0 radical (unpaired) electrons. The second-order valence-electron chi connectivity index (χ2n) is 1.95. The summed E-state index contributed by atoms with van der Waals surface area (Å²) in [5, 5.41) is 3.61. The van der Waals surface area contributed by atoms with Gasteiger partial charge >= 0.3 is 0 Å². The summed E-state index contributed by atoms with van der Waals surface area (Å²) < 4.78 is 0. The average molecular weight is 130 g/mol. The smallest absolute Gasteiger partial charge is 0.116 e. The van der Waals surface area contributed by atoms with Gasteiger partial charge in [-0.15, -0.1) is 0 Å². The minimum absolute atomic E-state index is 0.0122. The van der Waals surface area contributed by atoms with E-state index in [1.807, 2.05) is 13.8 Å². The minimum Gasteiger partial charge on any atom is -0.396 e. The summed E-state index contributed by atoms with van der Waals surface area (Å²) in [6.07, 6.45) is 2.56. The van der Waals surface area contributed by atoms with Gasteiger partial charge < -0.3 is 10.6 Å². The number of nitrogens with zero attached hydrogens (tertiary/aromatic N) is 1. The van der Waals surface area contributed by atoms with Crippen molar-refractivity contribution < 1.29 is 4.84 Å². The average Bonchev–Trinajstić information content (AvgIpc) is 1.80. The molecule has 3 nitrogen and oxygen atoms in total. The SMILES string of the molecule is CCCON=CC(C)N. The van der Waals surface area contributed by atoms with Crippen molar-refractivity contribution in [3.63, 3.8) is 0 Å². The first-order chi connectivity index (χ1) is 4.27. The van der Waals surface area contributed by atoms with Crippen LogP contribution >= 0.6 is 0 Å². The highest BCUT2D eigenvalue weighted by molar-refractivity contribution is 5.62. The second-order valence-corrected chi connectivity index (χ2v) is 1.95. The Morgan fingerprint density at radius 2 is 2.44 bits per heavy atom. The highest BCUT2D eigenvalue weighted by Crippen LogP contribution is 1.79. The van der Waals surface area contributed by atoms with Gasteiger partial charge in [0.25, 0.3) is 0 Å². The van der Waals surface area contributed by atoms with Crippen LogP contribution in [0.1, 0.15) is 20.3 Å². The zero-order valence-electron chi connectivity index (χ0n) is 6.00. The van der Waals surface area contributed by atoms with Gasteiger partial charge in [0.1, 0.15) is 6.61 Å². The van der Waals surface area contributed by atoms with Crippen molar-refractivity contribution in [3.8, 4) is 0 Å². The minimum atomic E-state index is -0.0122. The molecular weight excluding hydrogens is 116 g/mol. The van der Waals surface area contributed by atoms with Crippen LogP contribution in [0.25, 0.3) is 0 Å². The predicted octanol–water partition coefficient (Wildman–Crippen LogP) is 0.746. The van der Waals surface area contributed by atoms with Crippen molar-refractivity contribution in [2.45, 2.75) is 26.3 Å². The lowest BCUT2D eigenvalue weighted by Gasteiger charge is -1.94. The van der Waals surface area contributed by atoms with Crippen molar-refractivity contribution in [2.75, 3.05) is 6.61 Å².